The molecule has 0 bridgehead atoms. The standard InChI is InChI=1S/C24H28N4O3/c1-16-22(14-25)24(28(26-16)20-6-8-21(31-2)9-7-20)27-12-11-18-13-17(4-10-23(29)30)3-5-19(18)15-27/h3,5-9,13H,4,10-12,14-15,25H2,1-2H3,(H,29,30). The number of aromatic nitrogens is 2. The Hall–Kier alpha value is -3.32. The number of nitrogens with two attached hydrogens (primary N) is 1. The number of ether oxygens (including phenoxy) is 1. The fraction of sp³-hybridized carbons (Fsp3) is 0.333. The summed E-state index contributed by atoms with van der Waals surface area (Å²) in [6.07, 6.45) is 1.62. The molecule has 7 heteroatoms. The zero-order chi connectivity index (χ0) is 22.0. The summed E-state index contributed by atoms with van der Waals surface area (Å²) in [5, 5.41) is 13.7. The zero-order valence-electron chi connectivity index (χ0n) is 18.0. The third-order valence-electron chi connectivity index (χ3n) is 5.89. The van der Waals surface area contributed by atoms with Crippen molar-refractivity contribution in [2.45, 2.75) is 39.3 Å². The van der Waals surface area contributed by atoms with E-state index in [0.29, 0.717) is 13.0 Å². The first kappa shape index (κ1) is 20.9. The lowest BCUT2D eigenvalue weighted by molar-refractivity contribution is -0.136. The molecule has 7 nitrogen and oxygen atoms in total. The second kappa shape index (κ2) is 8.81. The molecule has 1 aliphatic heterocycles. The highest BCUT2D eigenvalue weighted by atomic mass is 16.5. The smallest absolute Gasteiger partial charge is 0.303 e. The van der Waals surface area contributed by atoms with Crippen molar-refractivity contribution in [3.05, 3.63) is 70.4 Å². The highest BCUT2D eigenvalue weighted by Crippen LogP contribution is 2.32. The summed E-state index contributed by atoms with van der Waals surface area (Å²) in [6, 6.07) is 14.2. The van der Waals surface area contributed by atoms with Gasteiger partial charge in [-0.1, -0.05) is 18.2 Å². The number of aryl methyl sites for hydroxylation is 2. The molecule has 3 N–H and O–H groups in total. The minimum absolute atomic E-state index is 0.158. The second-order valence-electron chi connectivity index (χ2n) is 7.87. The second-order valence-corrected chi connectivity index (χ2v) is 7.87. The Labute approximate surface area is 182 Å². The van der Waals surface area contributed by atoms with E-state index in [9.17, 15) is 4.79 Å². The van der Waals surface area contributed by atoms with Crippen LogP contribution >= 0.6 is 0 Å². The van der Waals surface area contributed by atoms with Crippen molar-refractivity contribution < 1.29 is 14.6 Å². The maximum absolute atomic E-state index is 10.9. The lowest BCUT2D eigenvalue weighted by Crippen LogP contribution is -2.33. The molecule has 2 heterocycles. The van der Waals surface area contributed by atoms with E-state index in [0.717, 1.165) is 53.6 Å². The number of aliphatic carboxylic acids is 1. The molecule has 0 fully saturated rings. The number of carboxylic acid groups (broad SMARTS) is 1. The Morgan fingerprint density at radius 3 is 2.65 bits per heavy atom. The molecule has 0 aliphatic carbocycles. The summed E-state index contributed by atoms with van der Waals surface area (Å²) in [7, 11) is 1.66. The number of rotatable bonds is 7. The van der Waals surface area contributed by atoms with Gasteiger partial charge in [0.05, 0.1) is 18.5 Å². The minimum atomic E-state index is -0.764. The molecule has 0 saturated carbocycles. The highest BCUT2D eigenvalue weighted by Gasteiger charge is 2.25. The van der Waals surface area contributed by atoms with Gasteiger partial charge >= 0.3 is 5.97 Å². The van der Waals surface area contributed by atoms with Crippen LogP contribution in [0.2, 0.25) is 0 Å². The van der Waals surface area contributed by atoms with Crippen LogP contribution in [0, 0.1) is 6.92 Å². The van der Waals surface area contributed by atoms with Gasteiger partial charge in [-0.05, 0) is 60.7 Å². The van der Waals surface area contributed by atoms with Crippen LogP contribution in [0.1, 0.15) is 34.4 Å². The van der Waals surface area contributed by atoms with E-state index in [4.69, 9.17) is 20.7 Å². The molecule has 1 aromatic heterocycles. The van der Waals surface area contributed by atoms with Gasteiger partial charge in [0.1, 0.15) is 11.6 Å². The summed E-state index contributed by atoms with van der Waals surface area (Å²) in [5.74, 6) is 1.07. The van der Waals surface area contributed by atoms with Crippen molar-refractivity contribution in [1.29, 1.82) is 0 Å². The monoisotopic (exact) mass is 420 g/mol. The van der Waals surface area contributed by atoms with Crippen LogP contribution in [-0.4, -0.2) is 34.5 Å². The van der Waals surface area contributed by atoms with Crippen LogP contribution in [0.5, 0.6) is 5.75 Å². The molecule has 0 atom stereocenters. The van der Waals surface area contributed by atoms with Gasteiger partial charge in [-0.2, -0.15) is 5.10 Å². The third-order valence-corrected chi connectivity index (χ3v) is 5.89. The van der Waals surface area contributed by atoms with Crippen LogP contribution in [0.3, 0.4) is 0 Å². The van der Waals surface area contributed by atoms with Gasteiger partial charge in [0.15, 0.2) is 0 Å². The van der Waals surface area contributed by atoms with Gasteiger partial charge < -0.3 is 20.5 Å². The summed E-state index contributed by atoms with van der Waals surface area (Å²) < 4.78 is 7.26. The fourth-order valence-corrected chi connectivity index (χ4v) is 4.21. The van der Waals surface area contributed by atoms with Gasteiger partial charge in [0.2, 0.25) is 0 Å². The van der Waals surface area contributed by atoms with E-state index in [1.165, 1.54) is 11.1 Å². The quantitative estimate of drug-likeness (QED) is 0.610. The SMILES string of the molecule is COc1ccc(-n2nc(C)c(CN)c2N2CCc3cc(CCC(=O)O)ccc3C2)cc1. The van der Waals surface area contributed by atoms with Crippen LogP contribution in [0.15, 0.2) is 42.5 Å². The summed E-state index contributed by atoms with van der Waals surface area (Å²) in [4.78, 5) is 13.2. The van der Waals surface area contributed by atoms with Gasteiger partial charge in [0.25, 0.3) is 0 Å². The van der Waals surface area contributed by atoms with Crippen LogP contribution in [0.4, 0.5) is 5.82 Å². The number of fused-ring (bicyclic) bond motifs is 1. The van der Waals surface area contributed by atoms with Crippen molar-refractivity contribution in [2.24, 2.45) is 5.73 Å². The number of anilines is 1. The summed E-state index contributed by atoms with van der Waals surface area (Å²) in [5.41, 5.74) is 12.7. The first-order valence-electron chi connectivity index (χ1n) is 10.5. The van der Waals surface area contributed by atoms with E-state index in [2.05, 4.69) is 17.0 Å². The van der Waals surface area contributed by atoms with E-state index >= 15 is 0 Å². The number of carboxylic acids is 1. The molecule has 2 aromatic carbocycles. The highest BCUT2D eigenvalue weighted by molar-refractivity contribution is 5.67. The topological polar surface area (TPSA) is 93.6 Å². The average molecular weight is 421 g/mol. The Kier molecular flexibility index (Phi) is 5.95. The van der Waals surface area contributed by atoms with Gasteiger partial charge in [-0.15, -0.1) is 0 Å². The molecule has 1 aliphatic rings. The lowest BCUT2D eigenvalue weighted by atomic mass is 9.95. The predicted molar refractivity (Wildman–Crippen MR) is 120 cm³/mol. The zero-order valence-corrected chi connectivity index (χ0v) is 18.0. The number of nitrogens with zero attached hydrogens (tertiary/aromatic N) is 3. The maximum Gasteiger partial charge on any atom is 0.303 e. The molecular weight excluding hydrogens is 392 g/mol. The van der Waals surface area contributed by atoms with E-state index in [1.54, 1.807) is 7.11 Å². The van der Waals surface area contributed by atoms with Crippen molar-refractivity contribution in [1.82, 2.24) is 9.78 Å². The minimum Gasteiger partial charge on any atom is -0.497 e. The molecule has 31 heavy (non-hydrogen) atoms. The van der Waals surface area contributed by atoms with Crippen LogP contribution < -0.4 is 15.4 Å². The molecule has 0 unspecified atom stereocenters. The van der Waals surface area contributed by atoms with Gasteiger partial charge in [-0.25, -0.2) is 4.68 Å². The molecule has 0 spiro atoms. The van der Waals surface area contributed by atoms with Crippen LogP contribution in [0.25, 0.3) is 5.69 Å². The molecule has 0 amide bonds. The largest absolute Gasteiger partial charge is 0.497 e. The van der Waals surface area contributed by atoms with Crippen molar-refractivity contribution >= 4 is 11.8 Å². The fourth-order valence-electron chi connectivity index (χ4n) is 4.21. The number of methoxy groups -OCH3 is 1. The number of hydrogen-bond donors (Lipinski definition) is 2. The van der Waals surface area contributed by atoms with Crippen molar-refractivity contribution in [2.75, 3.05) is 18.6 Å². The summed E-state index contributed by atoms with van der Waals surface area (Å²) in [6.45, 7) is 4.04. The number of benzene rings is 2. The molecule has 162 valence electrons. The third kappa shape index (κ3) is 4.27. The Morgan fingerprint density at radius 2 is 1.97 bits per heavy atom. The number of hydrogen-bond acceptors (Lipinski definition) is 5. The molecular formula is C24H28N4O3. The predicted octanol–water partition coefficient (Wildman–Crippen LogP) is 3.23. The summed E-state index contributed by atoms with van der Waals surface area (Å²) >= 11 is 0. The van der Waals surface area contributed by atoms with E-state index < -0.39 is 5.97 Å². The molecule has 0 radical (unpaired) electrons. The first-order chi connectivity index (χ1) is 15.0. The van der Waals surface area contributed by atoms with E-state index in [-0.39, 0.29) is 6.42 Å². The Morgan fingerprint density at radius 1 is 1.19 bits per heavy atom. The lowest BCUT2D eigenvalue weighted by Gasteiger charge is -2.32. The van der Waals surface area contributed by atoms with Gasteiger partial charge in [-0.3, -0.25) is 4.79 Å². The van der Waals surface area contributed by atoms with Gasteiger partial charge in [0, 0.05) is 31.6 Å². The average Bonchev–Trinajstić information content (AvgIpc) is 3.13. The first-order valence-corrected chi connectivity index (χ1v) is 10.5. The number of carbonyl (C=O) groups is 1. The molecule has 3 aromatic rings. The Balaban J connectivity index is 1.65. The normalized spacial score (nSPS) is 13.2. The van der Waals surface area contributed by atoms with Crippen molar-refractivity contribution in [3.8, 4) is 11.4 Å². The molecule has 0 saturated heterocycles. The Bertz CT molecular complexity index is 1090. The van der Waals surface area contributed by atoms with E-state index in [1.807, 2.05) is 41.9 Å². The molecule has 4 rings (SSSR count). The van der Waals surface area contributed by atoms with Crippen molar-refractivity contribution in [3.63, 3.8) is 0 Å². The maximum atomic E-state index is 10.9. The van der Waals surface area contributed by atoms with Crippen LogP contribution in [-0.2, 0) is 30.7 Å².